The van der Waals surface area contributed by atoms with E-state index in [4.69, 9.17) is 9.47 Å². The summed E-state index contributed by atoms with van der Waals surface area (Å²) < 4.78 is 10.2. The Hall–Kier alpha value is -1.85. The summed E-state index contributed by atoms with van der Waals surface area (Å²) in [5, 5.41) is 0. The van der Waals surface area contributed by atoms with Crippen LogP contribution in [0.3, 0.4) is 0 Å². The van der Waals surface area contributed by atoms with Crippen molar-refractivity contribution in [3.05, 3.63) is 11.8 Å². The number of anilines is 1. The van der Waals surface area contributed by atoms with Crippen molar-refractivity contribution in [3.63, 3.8) is 0 Å². The molecule has 0 amide bonds. The van der Waals surface area contributed by atoms with Crippen LogP contribution < -0.4 is 9.64 Å². The van der Waals surface area contributed by atoms with Crippen LogP contribution in [-0.2, 0) is 9.53 Å². The van der Waals surface area contributed by atoms with E-state index in [-0.39, 0.29) is 12.5 Å². The minimum absolute atomic E-state index is 0.114. The molecule has 1 aromatic heterocycles. The van der Waals surface area contributed by atoms with Crippen LogP contribution in [0.15, 0.2) is 6.07 Å². The molecule has 1 aromatic rings. The molecule has 0 fully saturated rings. The molecule has 18 heavy (non-hydrogen) atoms. The molecule has 0 spiro atoms. The molecule has 0 atom stereocenters. The maximum Gasteiger partial charge on any atom is 0.325 e. The minimum atomic E-state index is -0.303. The lowest BCUT2D eigenvalue weighted by atomic mass is 10.4. The van der Waals surface area contributed by atoms with E-state index in [0.717, 1.165) is 5.69 Å². The lowest BCUT2D eigenvalue weighted by Crippen LogP contribution is -2.28. The fourth-order valence-corrected chi connectivity index (χ4v) is 1.39. The minimum Gasteiger partial charge on any atom is -0.478 e. The SMILES string of the molecule is CCOC(=O)CN(C)c1nc(C)cc(OCC)n1. The molecular weight excluding hydrogens is 234 g/mol. The van der Waals surface area contributed by atoms with Crippen molar-refractivity contribution < 1.29 is 14.3 Å². The predicted octanol–water partition coefficient (Wildman–Crippen LogP) is 1.18. The number of carbonyl (C=O) groups is 1. The van der Waals surface area contributed by atoms with Crippen molar-refractivity contribution in [2.45, 2.75) is 20.8 Å². The van der Waals surface area contributed by atoms with Gasteiger partial charge in [-0.25, -0.2) is 4.98 Å². The summed E-state index contributed by atoms with van der Waals surface area (Å²) in [7, 11) is 1.74. The maximum atomic E-state index is 11.4. The first kappa shape index (κ1) is 14.2. The van der Waals surface area contributed by atoms with Gasteiger partial charge < -0.3 is 14.4 Å². The zero-order chi connectivity index (χ0) is 13.5. The van der Waals surface area contributed by atoms with Gasteiger partial charge in [-0.1, -0.05) is 0 Å². The molecule has 0 unspecified atom stereocenters. The van der Waals surface area contributed by atoms with Gasteiger partial charge in [0.05, 0.1) is 13.2 Å². The van der Waals surface area contributed by atoms with Crippen molar-refractivity contribution in [2.24, 2.45) is 0 Å². The second-order valence-electron chi connectivity index (χ2n) is 3.74. The van der Waals surface area contributed by atoms with Crippen LogP contribution in [0.25, 0.3) is 0 Å². The quantitative estimate of drug-likeness (QED) is 0.709. The molecule has 1 heterocycles. The predicted molar refractivity (Wildman–Crippen MR) is 67.8 cm³/mol. The molecule has 1 rings (SSSR count). The number of carbonyl (C=O) groups excluding carboxylic acids is 1. The van der Waals surface area contributed by atoms with E-state index in [2.05, 4.69) is 9.97 Å². The zero-order valence-electron chi connectivity index (χ0n) is 11.3. The second kappa shape index (κ2) is 6.78. The van der Waals surface area contributed by atoms with Crippen LogP contribution in [0.1, 0.15) is 19.5 Å². The fraction of sp³-hybridized carbons (Fsp3) is 0.583. The summed E-state index contributed by atoms with van der Waals surface area (Å²) in [6.45, 7) is 6.53. The number of nitrogens with zero attached hydrogens (tertiary/aromatic N) is 3. The number of esters is 1. The highest BCUT2D eigenvalue weighted by atomic mass is 16.5. The molecule has 0 N–H and O–H groups in total. The van der Waals surface area contributed by atoms with Crippen LogP contribution in [0.4, 0.5) is 5.95 Å². The van der Waals surface area contributed by atoms with Crippen LogP contribution in [0, 0.1) is 6.92 Å². The smallest absolute Gasteiger partial charge is 0.325 e. The largest absolute Gasteiger partial charge is 0.478 e. The Labute approximate surface area is 107 Å². The lowest BCUT2D eigenvalue weighted by molar-refractivity contribution is -0.141. The van der Waals surface area contributed by atoms with Crippen molar-refractivity contribution in [2.75, 3.05) is 31.7 Å². The van der Waals surface area contributed by atoms with Gasteiger partial charge >= 0.3 is 5.97 Å². The molecule has 0 radical (unpaired) electrons. The van der Waals surface area contributed by atoms with Gasteiger partial charge in [-0.3, -0.25) is 4.79 Å². The Morgan fingerprint density at radius 2 is 2.06 bits per heavy atom. The van der Waals surface area contributed by atoms with Crippen LogP contribution in [-0.4, -0.2) is 42.7 Å². The van der Waals surface area contributed by atoms with Crippen LogP contribution in [0.2, 0.25) is 0 Å². The maximum absolute atomic E-state index is 11.4. The van der Waals surface area contributed by atoms with E-state index < -0.39 is 0 Å². The Morgan fingerprint density at radius 3 is 2.67 bits per heavy atom. The molecule has 0 aliphatic rings. The summed E-state index contributed by atoms with van der Waals surface area (Å²) in [4.78, 5) is 21.5. The van der Waals surface area contributed by atoms with E-state index in [1.54, 1.807) is 24.9 Å². The third kappa shape index (κ3) is 4.20. The highest BCUT2D eigenvalue weighted by Crippen LogP contribution is 2.14. The van der Waals surface area contributed by atoms with E-state index in [1.807, 2.05) is 13.8 Å². The molecular formula is C12H19N3O3. The summed E-state index contributed by atoms with van der Waals surface area (Å²) >= 11 is 0. The van der Waals surface area contributed by atoms with Gasteiger partial charge in [-0.2, -0.15) is 4.98 Å². The average molecular weight is 253 g/mol. The van der Waals surface area contributed by atoms with Crippen molar-refractivity contribution in [1.29, 1.82) is 0 Å². The number of aryl methyl sites for hydroxylation is 1. The first-order valence-corrected chi connectivity index (χ1v) is 5.92. The Kier molecular flexibility index (Phi) is 5.35. The third-order valence-electron chi connectivity index (χ3n) is 2.12. The van der Waals surface area contributed by atoms with Crippen molar-refractivity contribution in [3.8, 4) is 5.88 Å². The molecule has 0 saturated carbocycles. The molecule has 6 heteroatoms. The highest BCUT2D eigenvalue weighted by molar-refractivity contribution is 5.74. The van der Waals surface area contributed by atoms with Crippen molar-refractivity contribution >= 4 is 11.9 Å². The summed E-state index contributed by atoms with van der Waals surface area (Å²) in [6, 6.07) is 1.76. The Balaban J connectivity index is 2.78. The Morgan fingerprint density at radius 1 is 1.33 bits per heavy atom. The lowest BCUT2D eigenvalue weighted by Gasteiger charge is -2.17. The van der Waals surface area contributed by atoms with E-state index in [1.165, 1.54) is 0 Å². The number of likely N-dealkylation sites (N-methyl/N-ethyl adjacent to an activating group) is 1. The third-order valence-corrected chi connectivity index (χ3v) is 2.12. The zero-order valence-corrected chi connectivity index (χ0v) is 11.3. The van der Waals surface area contributed by atoms with Gasteiger partial charge in [0.1, 0.15) is 6.54 Å². The number of rotatable bonds is 6. The van der Waals surface area contributed by atoms with E-state index >= 15 is 0 Å². The van der Waals surface area contributed by atoms with Gasteiger partial charge in [0, 0.05) is 18.8 Å². The monoisotopic (exact) mass is 253 g/mol. The fourth-order valence-electron chi connectivity index (χ4n) is 1.39. The van der Waals surface area contributed by atoms with E-state index in [9.17, 15) is 4.79 Å². The van der Waals surface area contributed by atoms with E-state index in [0.29, 0.717) is 25.0 Å². The number of hydrogen-bond acceptors (Lipinski definition) is 6. The summed E-state index contributed by atoms with van der Waals surface area (Å²) in [5.41, 5.74) is 0.791. The normalized spacial score (nSPS) is 10.0. The molecule has 0 aliphatic carbocycles. The molecule has 0 bridgehead atoms. The van der Waals surface area contributed by atoms with Gasteiger partial charge in [-0.15, -0.1) is 0 Å². The number of aromatic nitrogens is 2. The average Bonchev–Trinajstić information content (AvgIpc) is 2.28. The van der Waals surface area contributed by atoms with Crippen LogP contribution in [0.5, 0.6) is 5.88 Å². The van der Waals surface area contributed by atoms with Crippen LogP contribution >= 0.6 is 0 Å². The Bertz CT molecular complexity index is 410. The highest BCUT2D eigenvalue weighted by Gasteiger charge is 2.12. The standard InChI is InChI=1S/C12H19N3O3/c1-5-17-10-7-9(3)13-12(14-10)15(4)8-11(16)18-6-2/h7H,5-6,8H2,1-4H3. The van der Waals surface area contributed by atoms with Gasteiger partial charge in [-0.05, 0) is 20.8 Å². The second-order valence-corrected chi connectivity index (χ2v) is 3.74. The summed E-state index contributed by atoms with van der Waals surface area (Å²) in [6.07, 6.45) is 0. The van der Waals surface area contributed by atoms with Gasteiger partial charge in [0.25, 0.3) is 0 Å². The van der Waals surface area contributed by atoms with Gasteiger partial charge in [0.15, 0.2) is 0 Å². The molecule has 6 nitrogen and oxygen atoms in total. The molecule has 0 saturated heterocycles. The molecule has 100 valence electrons. The summed E-state index contributed by atoms with van der Waals surface area (Å²) in [5.74, 6) is 0.658. The number of hydrogen-bond donors (Lipinski definition) is 0. The topological polar surface area (TPSA) is 64.5 Å². The first-order valence-electron chi connectivity index (χ1n) is 5.92. The molecule has 0 aliphatic heterocycles. The van der Waals surface area contributed by atoms with Gasteiger partial charge in [0.2, 0.25) is 11.8 Å². The number of ether oxygens (including phenoxy) is 2. The van der Waals surface area contributed by atoms with Crippen molar-refractivity contribution in [1.82, 2.24) is 9.97 Å². The molecule has 0 aromatic carbocycles. The first-order chi connectivity index (χ1) is 8.56.